The van der Waals surface area contributed by atoms with Crippen molar-refractivity contribution in [1.29, 1.82) is 0 Å². The van der Waals surface area contributed by atoms with Crippen molar-refractivity contribution in [2.75, 3.05) is 12.4 Å². The number of carbonyl (C=O) groups excluding carboxylic acids is 1. The highest BCUT2D eigenvalue weighted by Crippen LogP contribution is 2.15. The molecule has 0 unspecified atom stereocenters. The zero-order chi connectivity index (χ0) is 20.4. The highest BCUT2D eigenvalue weighted by molar-refractivity contribution is 7.11. The lowest BCUT2D eigenvalue weighted by Gasteiger charge is -2.17. The van der Waals surface area contributed by atoms with Crippen molar-refractivity contribution >= 4 is 28.7 Å². The maximum atomic E-state index is 12.5. The van der Waals surface area contributed by atoms with E-state index in [1.165, 1.54) is 9.08 Å². The van der Waals surface area contributed by atoms with Crippen LogP contribution in [-0.4, -0.2) is 37.1 Å². The maximum absolute atomic E-state index is 12.5. The zero-order valence-corrected chi connectivity index (χ0v) is 16.9. The molecule has 2 amide bonds. The van der Waals surface area contributed by atoms with Gasteiger partial charge >= 0.3 is 11.7 Å². The van der Waals surface area contributed by atoms with E-state index in [2.05, 4.69) is 15.4 Å². The van der Waals surface area contributed by atoms with Gasteiger partial charge < -0.3 is 10.2 Å². The zero-order valence-electron chi connectivity index (χ0n) is 16.1. The number of aryl methyl sites for hydroxylation is 1. The molecule has 29 heavy (non-hydrogen) atoms. The van der Waals surface area contributed by atoms with Crippen LogP contribution in [0.4, 0.5) is 10.5 Å². The molecule has 148 valence electrons. The van der Waals surface area contributed by atoms with Crippen molar-refractivity contribution in [2.24, 2.45) is 0 Å². The molecular formula is C20H20N6O2S. The molecule has 3 heterocycles. The van der Waals surface area contributed by atoms with Gasteiger partial charge in [-0.2, -0.15) is 0 Å². The molecule has 0 saturated carbocycles. The van der Waals surface area contributed by atoms with Gasteiger partial charge in [-0.05, 0) is 36.8 Å². The van der Waals surface area contributed by atoms with Crippen molar-refractivity contribution < 1.29 is 4.79 Å². The van der Waals surface area contributed by atoms with Gasteiger partial charge in [0.05, 0.1) is 18.1 Å². The van der Waals surface area contributed by atoms with Crippen LogP contribution in [0, 0.1) is 6.92 Å². The van der Waals surface area contributed by atoms with Gasteiger partial charge in [0.25, 0.3) is 0 Å². The number of hydrogen-bond acceptors (Lipinski definition) is 5. The lowest BCUT2D eigenvalue weighted by molar-refractivity contribution is 0.221. The van der Waals surface area contributed by atoms with Crippen LogP contribution in [0.3, 0.4) is 0 Å². The quantitative estimate of drug-likeness (QED) is 0.550. The lowest BCUT2D eigenvalue weighted by atomic mass is 10.2. The third-order valence-corrected chi connectivity index (χ3v) is 5.31. The number of nitrogens with one attached hydrogen (secondary N) is 1. The second-order valence-electron chi connectivity index (χ2n) is 6.70. The molecule has 8 nitrogen and oxygen atoms in total. The number of urea groups is 1. The van der Waals surface area contributed by atoms with Gasteiger partial charge in [-0.1, -0.05) is 18.2 Å². The first-order valence-corrected chi connectivity index (χ1v) is 9.88. The minimum Gasteiger partial charge on any atom is -0.322 e. The third-order valence-electron chi connectivity index (χ3n) is 4.41. The topological polar surface area (TPSA) is 84.5 Å². The average Bonchev–Trinajstić information content (AvgIpc) is 3.25. The molecule has 9 heteroatoms. The Morgan fingerprint density at radius 1 is 1.24 bits per heavy atom. The van der Waals surface area contributed by atoms with Crippen LogP contribution >= 0.6 is 11.3 Å². The molecule has 1 N–H and O–H groups in total. The van der Waals surface area contributed by atoms with Crippen molar-refractivity contribution in [3.05, 3.63) is 80.8 Å². The van der Waals surface area contributed by atoms with Gasteiger partial charge in [-0.15, -0.1) is 16.4 Å². The Hall–Kier alpha value is -3.46. The Labute approximate surface area is 171 Å². The number of anilines is 1. The fourth-order valence-electron chi connectivity index (χ4n) is 2.99. The molecule has 4 rings (SSSR count). The van der Waals surface area contributed by atoms with Crippen LogP contribution in [0.2, 0.25) is 0 Å². The predicted octanol–water partition coefficient (Wildman–Crippen LogP) is 2.97. The van der Waals surface area contributed by atoms with Crippen LogP contribution in [0.25, 0.3) is 5.65 Å². The maximum Gasteiger partial charge on any atom is 0.350 e. The van der Waals surface area contributed by atoms with Crippen molar-refractivity contribution in [2.45, 2.75) is 20.0 Å². The van der Waals surface area contributed by atoms with Crippen molar-refractivity contribution in [3.63, 3.8) is 0 Å². The number of amides is 2. The van der Waals surface area contributed by atoms with Crippen molar-refractivity contribution in [3.8, 4) is 0 Å². The first-order chi connectivity index (χ1) is 14.0. The Balaban J connectivity index is 1.46. The summed E-state index contributed by atoms with van der Waals surface area (Å²) in [5.74, 6) is 0. The molecule has 0 aliphatic rings. The number of rotatable bonds is 5. The summed E-state index contributed by atoms with van der Waals surface area (Å²) in [7, 11) is 1.74. The fourth-order valence-corrected chi connectivity index (χ4v) is 3.84. The number of aromatic nitrogens is 4. The molecule has 3 aromatic heterocycles. The van der Waals surface area contributed by atoms with E-state index in [1.807, 2.05) is 37.3 Å². The Bertz CT molecular complexity index is 1220. The van der Waals surface area contributed by atoms with E-state index in [0.29, 0.717) is 24.4 Å². The summed E-state index contributed by atoms with van der Waals surface area (Å²) in [6.07, 6.45) is 3.48. The van der Waals surface area contributed by atoms with Gasteiger partial charge in [0.1, 0.15) is 0 Å². The standard InChI is InChI=1S/C20H20N6O2S/c1-14-21-11-17(29-14)13-24(2)19(27)22-16-7-5-6-15(10-16)12-26-20(28)25-9-4-3-8-18(25)23-26/h3-11H,12-13H2,1-2H3,(H,22,27). The molecule has 0 spiro atoms. The van der Waals surface area contributed by atoms with E-state index < -0.39 is 0 Å². The minimum absolute atomic E-state index is 0.199. The normalized spacial score (nSPS) is 11.0. The number of hydrogen-bond donors (Lipinski definition) is 1. The molecule has 0 aliphatic heterocycles. The van der Waals surface area contributed by atoms with Crippen LogP contribution in [0.15, 0.2) is 59.7 Å². The average molecular weight is 408 g/mol. The Morgan fingerprint density at radius 2 is 2.10 bits per heavy atom. The summed E-state index contributed by atoms with van der Waals surface area (Å²) in [5.41, 5.74) is 1.93. The molecule has 0 aliphatic carbocycles. The third kappa shape index (κ3) is 4.19. The first kappa shape index (κ1) is 18.9. The van der Waals surface area contributed by atoms with Gasteiger partial charge in [0, 0.05) is 30.0 Å². The van der Waals surface area contributed by atoms with Crippen LogP contribution in [0.5, 0.6) is 0 Å². The predicted molar refractivity (Wildman–Crippen MR) is 112 cm³/mol. The van der Waals surface area contributed by atoms with Crippen molar-refractivity contribution in [1.82, 2.24) is 24.1 Å². The SMILES string of the molecule is Cc1ncc(CN(C)C(=O)Nc2cccc(Cn3nc4ccccn4c3=O)c2)s1. The number of thiazole rings is 1. The van der Waals surface area contributed by atoms with E-state index in [1.54, 1.807) is 47.8 Å². The molecular weight excluding hydrogens is 388 g/mol. The monoisotopic (exact) mass is 408 g/mol. The van der Waals surface area contributed by atoms with Gasteiger partial charge in [-0.3, -0.25) is 4.40 Å². The Morgan fingerprint density at radius 3 is 2.86 bits per heavy atom. The van der Waals surface area contributed by atoms with E-state index in [-0.39, 0.29) is 11.7 Å². The highest BCUT2D eigenvalue weighted by atomic mass is 32.1. The fraction of sp³-hybridized carbons (Fsp3) is 0.200. The Kier molecular flexibility index (Phi) is 5.13. The van der Waals surface area contributed by atoms with Gasteiger partial charge in [-0.25, -0.2) is 19.3 Å². The highest BCUT2D eigenvalue weighted by Gasteiger charge is 2.12. The minimum atomic E-state index is -0.210. The van der Waals surface area contributed by atoms with Crippen LogP contribution < -0.4 is 11.0 Å². The lowest BCUT2D eigenvalue weighted by Crippen LogP contribution is -2.30. The molecule has 4 aromatic rings. The molecule has 0 bridgehead atoms. The second kappa shape index (κ2) is 7.88. The summed E-state index contributed by atoms with van der Waals surface area (Å²) < 4.78 is 2.91. The van der Waals surface area contributed by atoms with Gasteiger partial charge in [0.15, 0.2) is 5.65 Å². The van der Waals surface area contributed by atoms with E-state index in [0.717, 1.165) is 15.4 Å². The smallest absolute Gasteiger partial charge is 0.322 e. The summed E-state index contributed by atoms with van der Waals surface area (Å²) in [6, 6.07) is 12.6. The van der Waals surface area contributed by atoms with E-state index in [4.69, 9.17) is 0 Å². The molecule has 0 radical (unpaired) electrons. The number of benzene rings is 1. The number of nitrogens with zero attached hydrogens (tertiary/aromatic N) is 5. The summed E-state index contributed by atoms with van der Waals surface area (Å²) in [5, 5.41) is 8.21. The molecule has 0 fully saturated rings. The number of pyridine rings is 1. The van der Waals surface area contributed by atoms with E-state index in [9.17, 15) is 9.59 Å². The van der Waals surface area contributed by atoms with E-state index >= 15 is 0 Å². The van der Waals surface area contributed by atoms with Crippen LogP contribution in [-0.2, 0) is 13.1 Å². The molecule has 0 atom stereocenters. The summed E-state index contributed by atoms with van der Waals surface area (Å²) >= 11 is 1.57. The summed E-state index contributed by atoms with van der Waals surface area (Å²) in [6.45, 7) is 2.75. The first-order valence-electron chi connectivity index (χ1n) is 9.06. The van der Waals surface area contributed by atoms with Crippen LogP contribution in [0.1, 0.15) is 15.4 Å². The molecule has 1 aromatic carbocycles. The summed E-state index contributed by atoms with van der Waals surface area (Å²) in [4.78, 5) is 31.8. The van der Waals surface area contributed by atoms with Gasteiger partial charge in [0.2, 0.25) is 0 Å². The second-order valence-corrected chi connectivity index (χ2v) is 8.02. The largest absolute Gasteiger partial charge is 0.350 e. The molecule has 0 saturated heterocycles. The number of fused-ring (bicyclic) bond motifs is 1. The number of carbonyl (C=O) groups is 1.